The Hall–Kier alpha value is -1.86. The van der Waals surface area contributed by atoms with Crippen molar-refractivity contribution in [2.24, 2.45) is 0 Å². The number of hydrogen-bond donors (Lipinski definition) is 2. The molecule has 2 rings (SSSR count). The van der Waals surface area contributed by atoms with E-state index in [1.165, 1.54) is 7.05 Å². The fourth-order valence-electron chi connectivity index (χ4n) is 2.08. The van der Waals surface area contributed by atoms with E-state index in [9.17, 15) is 8.42 Å². The zero-order valence-electron chi connectivity index (χ0n) is 12.2. The van der Waals surface area contributed by atoms with Gasteiger partial charge in [-0.15, -0.1) is 0 Å². The molecule has 2 N–H and O–H groups in total. The third-order valence-electron chi connectivity index (χ3n) is 3.17. The Bertz CT molecular complexity index is 695. The molecule has 0 saturated carbocycles. The fourth-order valence-corrected chi connectivity index (χ4v) is 2.99. The molecule has 0 bridgehead atoms. The summed E-state index contributed by atoms with van der Waals surface area (Å²) in [5.41, 5.74) is 1.60. The number of para-hydroxylation sites is 1. The van der Waals surface area contributed by atoms with E-state index >= 15 is 0 Å². The van der Waals surface area contributed by atoms with Gasteiger partial charge < -0.3 is 9.88 Å². The first-order valence-electron chi connectivity index (χ1n) is 6.84. The lowest BCUT2D eigenvalue weighted by Gasteiger charge is -2.13. The van der Waals surface area contributed by atoms with Crippen LogP contribution in [0.2, 0.25) is 0 Å². The van der Waals surface area contributed by atoms with E-state index in [0.717, 1.165) is 18.7 Å². The highest BCUT2D eigenvalue weighted by Gasteiger charge is 2.15. The van der Waals surface area contributed by atoms with E-state index in [0.29, 0.717) is 12.2 Å². The van der Waals surface area contributed by atoms with Crippen LogP contribution in [-0.2, 0) is 23.1 Å². The normalized spacial score (nSPS) is 11.5. The lowest BCUT2D eigenvalue weighted by molar-refractivity contribution is 0.588. The highest BCUT2D eigenvalue weighted by molar-refractivity contribution is 7.89. The van der Waals surface area contributed by atoms with Gasteiger partial charge in [-0.3, -0.25) is 0 Å². The van der Waals surface area contributed by atoms with Crippen molar-refractivity contribution in [3.63, 3.8) is 0 Å². The topological polar surface area (TPSA) is 76.0 Å². The van der Waals surface area contributed by atoms with Crippen LogP contribution in [0, 0.1) is 0 Å². The van der Waals surface area contributed by atoms with Gasteiger partial charge in [-0.2, -0.15) is 0 Å². The number of sulfonamides is 1. The Kier molecular flexibility index (Phi) is 4.98. The molecular formula is C14H20N4O2S. The van der Waals surface area contributed by atoms with Gasteiger partial charge in [-0.1, -0.05) is 19.1 Å². The molecule has 2 aromatic rings. The van der Waals surface area contributed by atoms with Crippen LogP contribution in [0.15, 0.2) is 41.7 Å². The first kappa shape index (κ1) is 15.5. The van der Waals surface area contributed by atoms with Gasteiger partial charge in [0.25, 0.3) is 0 Å². The number of nitrogens with zero attached hydrogens (tertiary/aromatic N) is 2. The predicted molar refractivity (Wildman–Crippen MR) is 82.5 cm³/mol. The van der Waals surface area contributed by atoms with E-state index in [4.69, 9.17) is 0 Å². The Morgan fingerprint density at radius 3 is 2.76 bits per heavy atom. The van der Waals surface area contributed by atoms with Crippen LogP contribution in [0.5, 0.6) is 0 Å². The maximum absolute atomic E-state index is 12.0. The summed E-state index contributed by atoms with van der Waals surface area (Å²) in [5.74, 6) is 0. The average molecular weight is 308 g/mol. The summed E-state index contributed by atoms with van der Waals surface area (Å²) in [5, 5.41) is 3.17. The monoisotopic (exact) mass is 308 g/mol. The molecule has 0 unspecified atom stereocenters. The second kappa shape index (κ2) is 6.73. The van der Waals surface area contributed by atoms with Crippen LogP contribution in [0.3, 0.4) is 0 Å². The third-order valence-corrected chi connectivity index (χ3v) is 4.64. The molecule has 0 aliphatic rings. The maximum Gasteiger partial charge on any atom is 0.242 e. The quantitative estimate of drug-likeness (QED) is 0.818. The summed E-state index contributed by atoms with van der Waals surface area (Å²) < 4.78 is 28.4. The molecule has 1 heterocycles. The summed E-state index contributed by atoms with van der Waals surface area (Å²) in [6.45, 7) is 3.52. The van der Waals surface area contributed by atoms with Crippen LogP contribution in [0.1, 0.15) is 19.0 Å². The highest BCUT2D eigenvalue weighted by Crippen LogP contribution is 2.21. The molecule has 0 saturated heterocycles. The van der Waals surface area contributed by atoms with Gasteiger partial charge in [0.1, 0.15) is 4.90 Å². The molecular weight excluding hydrogens is 288 g/mol. The number of benzene rings is 1. The van der Waals surface area contributed by atoms with Gasteiger partial charge in [-0.25, -0.2) is 18.1 Å². The Morgan fingerprint density at radius 2 is 2.05 bits per heavy atom. The summed E-state index contributed by atoms with van der Waals surface area (Å²) in [7, 11) is -2.07. The van der Waals surface area contributed by atoms with E-state index in [1.807, 2.05) is 0 Å². The summed E-state index contributed by atoms with van der Waals surface area (Å²) >= 11 is 0. The number of aromatic nitrogens is 2. The van der Waals surface area contributed by atoms with E-state index in [1.54, 1.807) is 36.8 Å². The first-order chi connectivity index (χ1) is 10.1. The zero-order valence-corrected chi connectivity index (χ0v) is 13.0. The molecule has 0 aliphatic heterocycles. The lowest BCUT2D eigenvalue weighted by Crippen LogP contribution is -2.20. The predicted octanol–water partition coefficient (Wildman–Crippen LogP) is 1.81. The van der Waals surface area contributed by atoms with Crippen LogP contribution in [0.25, 0.3) is 0 Å². The van der Waals surface area contributed by atoms with Gasteiger partial charge in [0.2, 0.25) is 10.0 Å². The Morgan fingerprint density at radius 1 is 1.29 bits per heavy atom. The second-order valence-electron chi connectivity index (χ2n) is 4.64. The van der Waals surface area contributed by atoms with Crippen molar-refractivity contribution in [2.75, 3.05) is 12.4 Å². The van der Waals surface area contributed by atoms with E-state index in [-0.39, 0.29) is 4.90 Å². The van der Waals surface area contributed by atoms with Crippen molar-refractivity contribution in [3.8, 4) is 0 Å². The van der Waals surface area contributed by atoms with Crippen LogP contribution < -0.4 is 10.0 Å². The van der Waals surface area contributed by atoms with E-state index < -0.39 is 10.0 Å². The number of imidazole rings is 1. The van der Waals surface area contributed by atoms with Crippen molar-refractivity contribution < 1.29 is 8.42 Å². The molecule has 1 aromatic heterocycles. The molecule has 0 spiro atoms. The highest BCUT2D eigenvalue weighted by atomic mass is 32.2. The molecule has 1 aromatic carbocycles. The smallest absolute Gasteiger partial charge is 0.242 e. The van der Waals surface area contributed by atoms with Crippen molar-refractivity contribution in [1.82, 2.24) is 14.3 Å². The van der Waals surface area contributed by atoms with Crippen molar-refractivity contribution in [3.05, 3.63) is 42.5 Å². The number of rotatable bonds is 7. The average Bonchev–Trinajstić information content (AvgIpc) is 2.93. The Balaban J connectivity index is 2.19. The van der Waals surface area contributed by atoms with Gasteiger partial charge in [-0.05, 0) is 25.6 Å². The second-order valence-corrected chi connectivity index (χ2v) is 6.49. The maximum atomic E-state index is 12.0. The summed E-state index contributed by atoms with van der Waals surface area (Å²) in [6.07, 6.45) is 4.60. The van der Waals surface area contributed by atoms with Crippen molar-refractivity contribution in [2.45, 2.75) is 31.3 Å². The number of hydrogen-bond acceptors (Lipinski definition) is 4. The molecule has 0 amide bonds. The molecule has 6 nitrogen and oxygen atoms in total. The van der Waals surface area contributed by atoms with Gasteiger partial charge >= 0.3 is 0 Å². The molecule has 0 atom stereocenters. The number of nitrogens with one attached hydrogen (secondary N) is 2. The van der Waals surface area contributed by atoms with Gasteiger partial charge in [0.05, 0.1) is 24.3 Å². The van der Waals surface area contributed by atoms with Gasteiger partial charge in [0, 0.05) is 12.7 Å². The Labute approximate surface area is 125 Å². The van der Waals surface area contributed by atoms with Crippen LogP contribution in [0.4, 0.5) is 5.69 Å². The van der Waals surface area contributed by atoms with Gasteiger partial charge in [0.15, 0.2) is 0 Å². The largest absolute Gasteiger partial charge is 0.378 e. The number of anilines is 1. The molecule has 0 radical (unpaired) electrons. The molecule has 114 valence electrons. The first-order valence-corrected chi connectivity index (χ1v) is 8.32. The SMILES string of the molecule is CCCn1cncc1CNc1ccccc1S(=O)(=O)NC. The van der Waals surface area contributed by atoms with Crippen LogP contribution in [-0.4, -0.2) is 25.0 Å². The lowest BCUT2D eigenvalue weighted by atomic mass is 10.3. The number of aryl methyl sites for hydroxylation is 1. The zero-order chi connectivity index (χ0) is 15.3. The van der Waals surface area contributed by atoms with E-state index in [2.05, 4.69) is 26.5 Å². The molecule has 21 heavy (non-hydrogen) atoms. The minimum Gasteiger partial charge on any atom is -0.378 e. The van der Waals surface area contributed by atoms with Crippen LogP contribution >= 0.6 is 0 Å². The minimum absolute atomic E-state index is 0.244. The summed E-state index contributed by atoms with van der Waals surface area (Å²) in [6, 6.07) is 6.85. The van der Waals surface area contributed by atoms with Crippen molar-refractivity contribution in [1.29, 1.82) is 0 Å². The van der Waals surface area contributed by atoms with Crippen molar-refractivity contribution >= 4 is 15.7 Å². The summed E-state index contributed by atoms with van der Waals surface area (Å²) in [4.78, 5) is 4.38. The standard InChI is InChI=1S/C14H20N4O2S/c1-3-8-18-11-16-9-12(18)10-17-13-6-4-5-7-14(13)21(19,20)15-2/h4-7,9,11,15,17H,3,8,10H2,1-2H3. The minimum atomic E-state index is -3.48. The fraction of sp³-hybridized carbons (Fsp3) is 0.357. The molecule has 0 fully saturated rings. The molecule has 0 aliphatic carbocycles. The molecule has 7 heteroatoms. The third kappa shape index (κ3) is 3.62.